The molecule has 114 valence electrons. The molecule has 0 aromatic heterocycles. The number of carbonyl (C=O) groups excluding carboxylic acids is 1. The van der Waals surface area contributed by atoms with Crippen molar-refractivity contribution in [3.05, 3.63) is 24.3 Å². The summed E-state index contributed by atoms with van der Waals surface area (Å²) >= 11 is 0. The van der Waals surface area contributed by atoms with E-state index in [0.29, 0.717) is 6.61 Å². The lowest BCUT2D eigenvalue weighted by atomic mass is 9.91. The smallest absolute Gasteiger partial charge is 0.157 e. The summed E-state index contributed by atoms with van der Waals surface area (Å²) in [5.41, 5.74) is -0.236. The fourth-order valence-electron chi connectivity index (χ4n) is 1.94. The Kier molecular flexibility index (Phi) is 8.47. The highest BCUT2D eigenvalue weighted by Crippen LogP contribution is 2.17. The molecule has 0 N–H and O–H groups in total. The van der Waals surface area contributed by atoms with E-state index in [9.17, 15) is 4.79 Å². The van der Waals surface area contributed by atoms with Gasteiger partial charge in [-0.25, -0.2) is 0 Å². The van der Waals surface area contributed by atoms with Crippen LogP contribution in [0.25, 0.3) is 0 Å². The molecule has 1 aliphatic rings. The Morgan fingerprint density at radius 2 is 1.90 bits per heavy atom. The van der Waals surface area contributed by atoms with Crippen molar-refractivity contribution in [1.82, 2.24) is 0 Å². The summed E-state index contributed by atoms with van der Waals surface area (Å²) < 4.78 is 11.1. The second-order valence-electron chi connectivity index (χ2n) is 5.96. The topological polar surface area (TPSA) is 35.5 Å². The first-order valence-electron chi connectivity index (χ1n) is 7.63. The highest BCUT2D eigenvalue weighted by atomic mass is 16.7. The number of aldehydes is 1. The number of ether oxygens (including phenoxy) is 2. The third kappa shape index (κ3) is 8.28. The fraction of sp³-hybridized carbons (Fsp3) is 0.706. The van der Waals surface area contributed by atoms with E-state index < -0.39 is 0 Å². The van der Waals surface area contributed by atoms with Gasteiger partial charge in [-0.1, -0.05) is 38.2 Å². The quantitative estimate of drug-likeness (QED) is 0.363. The third-order valence-electron chi connectivity index (χ3n) is 3.31. The minimum Gasteiger partial charge on any atom is -0.353 e. The minimum absolute atomic E-state index is 0.00105. The summed E-state index contributed by atoms with van der Waals surface area (Å²) in [7, 11) is 0. The van der Waals surface area contributed by atoms with Gasteiger partial charge < -0.3 is 14.3 Å². The summed E-state index contributed by atoms with van der Waals surface area (Å²) in [6.07, 6.45) is 15.6. The molecule has 1 fully saturated rings. The molecule has 3 heteroatoms. The minimum atomic E-state index is -0.236. The van der Waals surface area contributed by atoms with Crippen LogP contribution in [0.2, 0.25) is 0 Å². The fourth-order valence-corrected chi connectivity index (χ4v) is 1.94. The van der Waals surface area contributed by atoms with E-state index in [0.717, 1.165) is 45.0 Å². The van der Waals surface area contributed by atoms with Gasteiger partial charge in [0.05, 0.1) is 6.61 Å². The van der Waals surface area contributed by atoms with Crippen molar-refractivity contribution >= 4 is 6.29 Å². The van der Waals surface area contributed by atoms with E-state index in [1.54, 1.807) is 0 Å². The SMILES string of the molecule is CC(C)(C=O)CC=CCCC=CCOC1CCCCO1. The Morgan fingerprint density at radius 1 is 1.15 bits per heavy atom. The maximum atomic E-state index is 10.7. The molecule has 0 spiro atoms. The van der Waals surface area contributed by atoms with Crippen LogP contribution in [0.15, 0.2) is 24.3 Å². The second-order valence-corrected chi connectivity index (χ2v) is 5.96. The van der Waals surface area contributed by atoms with E-state index in [1.165, 1.54) is 6.42 Å². The lowest BCUT2D eigenvalue weighted by molar-refractivity contribution is -0.155. The molecule has 1 aliphatic heterocycles. The largest absolute Gasteiger partial charge is 0.353 e. The normalized spacial score (nSPS) is 20.8. The van der Waals surface area contributed by atoms with Crippen molar-refractivity contribution in [2.45, 2.75) is 58.7 Å². The molecule has 0 bridgehead atoms. The Balaban J connectivity index is 1.99. The highest BCUT2D eigenvalue weighted by Gasteiger charge is 2.13. The van der Waals surface area contributed by atoms with Gasteiger partial charge in [-0.15, -0.1) is 0 Å². The van der Waals surface area contributed by atoms with Gasteiger partial charge in [0.1, 0.15) is 6.29 Å². The zero-order valence-electron chi connectivity index (χ0n) is 12.8. The molecule has 1 unspecified atom stereocenters. The summed E-state index contributed by atoms with van der Waals surface area (Å²) in [6, 6.07) is 0. The van der Waals surface area contributed by atoms with E-state index >= 15 is 0 Å². The van der Waals surface area contributed by atoms with Crippen molar-refractivity contribution in [2.24, 2.45) is 5.41 Å². The zero-order chi connectivity index (χ0) is 14.7. The maximum absolute atomic E-state index is 10.7. The van der Waals surface area contributed by atoms with Crippen LogP contribution in [0.4, 0.5) is 0 Å². The number of allylic oxidation sites excluding steroid dienone is 3. The number of hydrogen-bond acceptors (Lipinski definition) is 3. The van der Waals surface area contributed by atoms with Crippen LogP contribution >= 0.6 is 0 Å². The Labute approximate surface area is 123 Å². The average molecular weight is 280 g/mol. The van der Waals surface area contributed by atoms with Crippen molar-refractivity contribution in [2.75, 3.05) is 13.2 Å². The van der Waals surface area contributed by atoms with Crippen LogP contribution in [-0.4, -0.2) is 25.8 Å². The molecule has 1 rings (SSSR count). The molecule has 0 radical (unpaired) electrons. The van der Waals surface area contributed by atoms with E-state index in [4.69, 9.17) is 9.47 Å². The van der Waals surface area contributed by atoms with Crippen LogP contribution in [0.5, 0.6) is 0 Å². The molecule has 3 nitrogen and oxygen atoms in total. The second kappa shape index (κ2) is 9.89. The molecular weight excluding hydrogens is 252 g/mol. The first-order chi connectivity index (χ1) is 9.64. The van der Waals surface area contributed by atoms with E-state index in [1.807, 2.05) is 13.8 Å². The van der Waals surface area contributed by atoms with E-state index in [-0.39, 0.29) is 11.7 Å². The van der Waals surface area contributed by atoms with Gasteiger partial charge in [-0.05, 0) is 38.5 Å². The van der Waals surface area contributed by atoms with Gasteiger partial charge in [0.25, 0.3) is 0 Å². The van der Waals surface area contributed by atoms with Crippen LogP contribution in [0.3, 0.4) is 0 Å². The molecule has 0 saturated carbocycles. The molecule has 0 aromatic rings. The number of hydrogen-bond donors (Lipinski definition) is 0. The van der Waals surface area contributed by atoms with Crippen molar-refractivity contribution in [1.29, 1.82) is 0 Å². The molecule has 1 atom stereocenters. The Hall–Kier alpha value is -0.930. The maximum Gasteiger partial charge on any atom is 0.157 e. The highest BCUT2D eigenvalue weighted by molar-refractivity contribution is 5.58. The summed E-state index contributed by atoms with van der Waals surface area (Å²) in [4.78, 5) is 10.7. The number of carbonyl (C=O) groups is 1. The molecule has 1 heterocycles. The monoisotopic (exact) mass is 280 g/mol. The molecular formula is C17H28O3. The zero-order valence-corrected chi connectivity index (χ0v) is 12.8. The molecule has 1 saturated heterocycles. The molecule has 0 amide bonds. The standard InChI is InChI=1S/C17H28O3/c1-17(2,15-18)12-8-5-3-4-6-9-13-19-16-11-7-10-14-20-16/h5-6,8-9,15-16H,3-4,7,10-14H2,1-2H3. The lowest BCUT2D eigenvalue weighted by Gasteiger charge is -2.21. The number of rotatable bonds is 9. The van der Waals surface area contributed by atoms with Crippen LogP contribution in [0, 0.1) is 5.41 Å². The predicted octanol–water partition coefficient (Wildman–Crippen LogP) is 4.04. The first kappa shape index (κ1) is 17.1. The molecule has 0 aliphatic carbocycles. The number of unbranched alkanes of at least 4 members (excludes halogenated alkanes) is 1. The van der Waals surface area contributed by atoms with Crippen molar-refractivity contribution in [3.8, 4) is 0 Å². The summed E-state index contributed by atoms with van der Waals surface area (Å²) in [5.74, 6) is 0. The Bertz CT molecular complexity index is 312. The Morgan fingerprint density at radius 3 is 2.55 bits per heavy atom. The van der Waals surface area contributed by atoms with Gasteiger partial charge in [-0.2, -0.15) is 0 Å². The van der Waals surface area contributed by atoms with Crippen LogP contribution in [-0.2, 0) is 14.3 Å². The van der Waals surface area contributed by atoms with Gasteiger partial charge in [0.2, 0.25) is 0 Å². The third-order valence-corrected chi connectivity index (χ3v) is 3.31. The average Bonchev–Trinajstić information content (AvgIpc) is 2.46. The summed E-state index contributed by atoms with van der Waals surface area (Å²) in [5, 5.41) is 0. The first-order valence-corrected chi connectivity index (χ1v) is 7.63. The van der Waals surface area contributed by atoms with E-state index in [2.05, 4.69) is 24.3 Å². The predicted molar refractivity (Wildman–Crippen MR) is 81.5 cm³/mol. The van der Waals surface area contributed by atoms with Crippen LogP contribution < -0.4 is 0 Å². The van der Waals surface area contributed by atoms with Crippen molar-refractivity contribution < 1.29 is 14.3 Å². The van der Waals surface area contributed by atoms with Gasteiger partial charge in [0, 0.05) is 12.0 Å². The van der Waals surface area contributed by atoms with Crippen LogP contribution in [0.1, 0.15) is 52.4 Å². The van der Waals surface area contributed by atoms with Gasteiger partial charge in [-0.3, -0.25) is 0 Å². The molecule has 0 aromatic carbocycles. The lowest BCUT2D eigenvalue weighted by Crippen LogP contribution is -2.22. The van der Waals surface area contributed by atoms with Gasteiger partial charge in [0.15, 0.2) is 6.29 Å². The molecule has 20 heavy (non-hydrogen) atoms. The van der Waals surface area contributed by atoms with Gasteiger partial charge >= 0.3 is 0 Å². The van der Waals surface area contributed by atoms with Crippen molar-refractivity contribution in [3.63, 3.8) is 0 Å². The summed E-state index contributed by atoms with van der Waals surface area (Å²) in [6.45, 7) is 5.37.